The van der Waals surface area contributed by atoms with Crippen LogP contribution in [0.5, 0.6) is 0 Å². The Labute approximate surface area is 132 Å². The van der Waals surface area contributed by atoms with Crippen LogP contribution in [0, 0.1) is 5.82 Å². The van der Waals surface area contributed by atoms with Crippen LogP contribution in [-0.2, 0) is 11.2 Å². The number of nitrogens with zero attached hydrogens (tertiary/aromatic N) is 1. The lowest BCUT2D eigenvalue weighted by atomic mass is 10.1. The predicted molar refractivity (Wildman–Crippen MR) is 86.3 cm³/mol. The minimum atomic E-state index is -0.229. The van der Waals surface area contributed by atoms with Gasteiger partial charge in [-0.25, -0.2) is 4.39 Å². The van der Waals surface area contributed by atoms with E-state index in [9.17, 15) is 9.18 Å². The highest BCUT2D eigenvalue weighted by atomic mass is 19.1. The van der Waals surface area contributed by atoms with Crippen molar-refractivity contribution in [2.45, 2.75) is 31.7 Å². The van der Waals surface area contributed by atoms with Crippen LogP contribution in [0.4, 0.5) is 4.39 Å². The van der Waals surface area contributed by atoms with E-state index in [-0.39, 0.29) is 11.7 Å². The van der Waals surface area contributed by atoms with E-state index in [4.69, 9.17) is 0 Å². The van der Waals surface area contributed by atoms with Crippen LogP contribution in [0.25, 0.3) is 0 Å². The van der Waals surface area contributed by atoms with E-state index < -0.39 is 0 Å². The zero-order valence-electron chi connectivity index (χ0n) is 13.3. The summed E-state index contributed by atoms with van der Waals surface area (Å²) in [6, 6.07) is 6.90. The van der Waals surface area contributed by atoms with Gasteiger partial charge in [0.25, 0.3) is 0 Å². The summed E-state index contributed by atoms with van der Waals surface area (Å²) in [5.41, 5.74) is 1.03. The van der Waals surface area contributed by atoms with Gasteiger partial charge in [0, 0.05) is 12.6 Å². The molecule has 0 aliphatic carbocycles. The molecular weight excluding hydrogens is 281 g/mol. The number of rotatable bonds is 6. The van der Waals surface area contributed by atoms with Gasteiger partial charge < -0.3 is 10.6 Å². The zero-order chi connectivity index (χ0) is 15.8. The number of hydrogen-bond donors (Lipinski definition) is 2. The Morgan fingerprint density at radius 1 is 1.32 bits per heavy atom. The Morgan fingerprint density at radius 3 is 2.86 bits per heavy atom. The smallest absolute Gasteiger partial charge is 0.234 e. The average Bonchev–Trinajstić information content (AvgIpc) is 2.78. The number of carbonyl (C=O) groups excluding carboxylic acids is 1. The van der Waals surface area contributed by atoms with E-state index in [1.165, 1.54) is 18.6 Å². The van der Waals surface area contributed by atoms with E-state index in [1.807, 2.05) is 7.05 Å². The number of likely N-dealkylation sites (N-methyl/N-ethyl adjacent to an activating group) is 1. The lowest BCUT2D eigenvalue weighted by Crippen LogP contribution is -2.41. The number of hydrogen-bond acceptors (Lipinski definition) is 3. The largest absolute Gasteiger partial charge is 0.355 e. The molecule has 122 valence electrons. The highest BCUT2D eigenvalue weighted by molar-refractivity contribution is 5.78. The number of nitrogens with one attached hydrogen (secondary N) is 2. The number of halogens is 1. The highest BCUT2D eigenvalue weighted by Crippen LogP contribution is 2.11. The summed E-state index contributed by atoms with van der Waals surface area (Å²) in [6.07, 6.45) is 4.13. The fourth-order valence-corrected chi connectivity index (χ4v) is 2.85. The SMILES string of the molecule is CN(CC(=O)NCCc1ccc(F)cc1)C1CCCNCC1. The average molecular weight is 307 g/mol. The minimum absolute atomic E-state index is 0.0572. The molecule has 0 radical (unpaired) electrons. The molecule has 4 nitrogen and oxygen atoms in total. The first-order valence-corrected chi connectivity index (χ1v) is 8.07. The van der Waals surface area contributed by atoms with Gasteiger partial charge in [-0.1, -0.05) is 12.1 Å². The maximum Gasteiger partial charge on any atom is 0.234 e. The van der Waals surface area contributed by atoms with E-state index in [0.29, 0.717) is 19.1 Å². The molecule has 1 atom stereocenters. The van der Waals surface area contributed by atoms with Crippen LogP contribution in [0.3, 0.4) is 0 Å². The monoisotopic (exact) mass is 307 g/mol. The van der Waals surface area contributed by atoms with Crippen LogP contribution >= 0.6 is 0 Å². The Bertz CT molecular complexity index is 455. The quantitative estimate of drug-likeness (QED) is 0.838. The van der Waals surface area contributed by atoms with Gasteiger partial charge in [0.2, 0.25) is 5.91 Å². The molecule has 2 N–H and O–H groups in total. The lowest BCUT2D eigenvalue weighted by Gasteiger charge is -2.26. The molecule has 0 saturated carbocycles. The van der Waals surface area contributed by atoms with Crippen molar-refractivity contribution in [3.05, 3.63) is 35.6 Å². The lowest BCUT2D eigenvalue weighted by molar-refractivity contribution is -0.122. The highest BCUT2D eigenvalue weighted by Gasteiger charge is 2.18. The summed E-state index contributed by atoms with van der Waals surface area (Å²) >= 11 is 0. The fourth-order valence-electron chi connectivity index (χ4n) is 2.85. The molecular formula is C17H26FN3O. The first kappa shape index (κ1) is 16.9. The maximum atomic E-state index is 12.8. The molecule has 5 heteroatoms. The van der Waals surface area contributed by atoms with Crippen LogP contribution in [0.2, 0.25) is 0 Å². The Morgan fingerprint density at radius 2 is 2.09 bits per heavy atom. The first-order chi connectivity index (χ1) is 10.6. The third-order valence-electron chi connectivity index (χ3n) is 4.21. The van der Waals surface area contributed by atoms with Crippen LogP contribution in [0.15, 0.2) is 24.3 Å². The molecule has 1 aliphatic heterocycles. The van der Waals surface area contributed by atoms with E-state index in [0.717, 1.165) is 37.9 Å². The van der Waals surface area contributed by atoms with Gasteiger partial charge in [0.05, 0.1) is 6.54 Å². The van der Waals surface area contributed by atoms with Gasteiger partial charge in [0.15, 0.2) is 0 Å². The van der Waals surface area contributed by atoms with Gasteiger partial charge >= 0.3 is 0 Å². The zero-order valence-corrected chi connectivity index (χ0v) is 13.3. The second-order valence-corrected chi connectivity index (χ2v) is 5.98. The summed E-state index contributed by atoms with van der Waals surface area (Å²) < 4.78 is 12.8. The van der Waals surface area contributed by atoms with Crippen molar-refractivity contribution < 1.29 is 9.18 Å². The number of amides is 1. The minimum Gasteiger partial charge on any atom is -0.355 e. The van der Waals surface area contributed by atoms with Gasteiger partial charge in [-0.05, 0) is 63.5 Å². The van der Waals surface area contributed by atoms with E-state index in [1.54, 1.807) is 12.1 Å². The van der Waals surface area contributed by atoms with E-state index >= 15 is 0 Å². The van der Waals surface area contributed by atoms with Crippen LogP contribution < -0.4 is 10.6 Å². The van der Waals surface area contributed by atoms with Gasteiger partial charge in [-0.2, -0.15) is 0 Å². The Balaban J connectivity index is 1.67. The summed E-state index contributed by atoms with van der Waals surface area (Å²) in [5, 5.41) is 6.33. The second kappa shape index (κ2) is 8.86. The topological polar surface area (TPSA) is 44.4 Å². The van der Waals surface area contributed by atoms with Gasteiger partial charge in [-0.15, -0.1) is 0 Å². The van der Waals surface area contributed by atoms with Gasteiger partial charge in [-0.3, -0.25) is 9.69 Å². The van der Waals surface area contributed by atoms with Crippen molar-refractivity contribution in [1.82, 2.24) is 15.5 Å². The fraction of sp³-hybridized carbons (Fsp3) is 0.588. The molecule has 1 amide bonds. The van der Waals surface area contributed by atoms with Crippen molar-refractivity contribution in [2.24, 2.45) is 0 Å². The summed E-state index contributed by atoms with van der Waals surface area (Å²) in [7, 11) is 2.02. The Kier molecular flexibility index (Phi) is 6.80. The molecule has 1 aromatic rings. The predicted octanol–water partition coefficient (Wildman–Crippen LogP) is 1.56. The van der Waals surface area contributed by atoms with Crippen molar-refractivity contribution in [1.29, 1.82) is 0 Å². The third-order valence-corrected chi connectivity index (χ3v) is 4.21. The molecule has 0 spiro atoms. The first-order valence-electron chi connectivity index (χ1n) is 8.07. The number of carbonyl (C=O) groups is 1. The van der Waals surface area contributed by atoms with Crippen molar-refractivity contribution in [3.63, 3.8) is 0 Å². The van der Waals surface area contributed by atoms with Gasteiger partial charge in [0.1, 0.15) is 5.82 Å². The summed E-state index contributed by atoms with van der Waals surface area (Å²) in [6.45, 7) is 3.13. The normalized spacial score (nSPS) is 19.0. The van der Waals surface area contributed by atoms with E-state index in [2.05, 4.69) is 15.5 Å². The molecule has 1 fully saturated rings. The molecule has 1 aliphatic rings. The molecule has 0 aromatic heterocycles. The van der Waals surface area contributed by atoms with Crippen LogP contribution in [-0.4, -0.2) is 50.1 Å². The number of benzene rings is 1. The Hall–Kier alpha value is -1.46. The van der Waals surface area contributed by atoms with Crippen LogP contribution in [0.1, 0.15) is 24.8 Å². The second-order valence-electron chi connectivity index (χ2n) is 5.98. The molecule has 22 heavy (non-hydrogen) atoms. The van der Waals surface area contributed by atoms with Crippen molar-refractivity contribution in [3.8, 4) is 0 Å². The molecule has 1 saturated heterocycles. The molecule has 1 heterocycles. The molecule has 2 rings (SSSR count). The summed E-state index contributed by atoms with van der Waals surface area (Å²) in [4.78, 5) is 14.2. The standard InChI is InChI=1S/C17H26FN3O/c1-21(16-3-2-10-19-11-9-16)13-17(22)20-12-8-14-4-6-15(18)7-5-14/h4-7,16,19H,2-3,8-13H2,1H3,(H,20,22). The van der Waals surface area contributed by atoms with Crippen molar-refractivity contribution >= 4 is 5.91 Å². The third kappa shape index (κ3) is 5.73. The maximum absolute atomic E-state index is 12.8. The van der Waals surface area contributed by atoms with Crippen molar-refractivity contribution in [2.75, 3.05) is 33.2 Å². The molecule has 1 aromatic carbocycles. The molecule has 1 unspecified atom stereocenters. The summed E-state index contributed by atoms with van der Waals surface area (Å²) in [5.74, 6) is -0.172. The molecule has 0 bridgehead atoms.